The summed E-state index contributed by atoms with van der Waals surface area (Å²) in [5, 5.41) is 0.578. The van der Waals surface area contributed by atoms with Crippen molar-refractivity contribution >= 4 is 11.0 Å². The van der Waals surface area contributed by atoms with Gasteiger partial charge in [0.15, 0.2) is 5.43 Å². The molecule has 2 heterocycles. The Kier molecular flexibility index (Phi) is 5.11. The highest BCUT2D eigenvalue weighted by Crippen LogP contribution is 2.18. The van der Waals surface area contributed by atoms with E-state index < -0.39 is 0 Å². The highest BCUT2D eigenvalue weighted by Gasteiger charge is 2.10. The maximum Gasteiger partial charge on any atom is 0.192 e. The Hall–Kier alpha value is -1.81. The molecule has 3 rings (SSSR count). The molecule has 4 nitrogen and oxygen atoms in total. The van der Waals surface area contributed by atoms with E-state index in [4.69, 9.17) is 9.15 Å². The Labute approximate surface area is 130 Å². The summed E-state index contributed by atoms with van der Waals surface area (Å²) in [4.78, 5) is 14.3. The number of unbranched alkanes of at least 4 members (excludes halogenated alkanes) is 2. The van der Waals surface area contributed by atoms with Crippen molar-refractivity contribution in [3.8, 4) is 5.75 Å². The third-order valence-electron chi connectivity index (χ3n) is 4.22. The molecule has 0 radical (unpaired) electrons. The van der Waals surface area contributed by atoms with E-state index in [9.17, 15) is 4.79 Å². The molecule has 1 aromatic heterocycles. The van der Waals surface area contributed by atoms with Crippen molar-refractivity contribution in [1.29, 1.82) is 0 Å². The third-order valence-corrected chi connectivity index (χ3v) is 4.22. The van der Waals surface area contributed by atoms with Gasteiger partial charge in [-0.25, -0.2) is 0 Å². The molecule has 1 aliphatic heterocycles. The van der Waals surface area contributed by atoms with Crippen molar-refractivity contribution in [2.75, 3.05) is 26.2 Å². The van der Waals surface area contributed by atoms with Crippen LogP contribution >= 0.6 is 0 Å². The van der Waals surface area contributed by atoms with Crippen LogP contribution in [0.1, 0.15) is 32.1 Å². The van der Waals surface area contributed by atoms with Crippen LogP contribution in [0.4, 0.5) is 0 Å². The van der Waals surface area contributed by atoms with Gasteiger partial charge in [-0.3, -0.25) is 4.79 Å². The molecule has 2 aromatic rings. The summed E-state index contributed by atoms with van der Waals surface area (Å²) in [5.74, 6) is 0.741. The Bertz CT molecular complexity index is 659. The second-order valence-corrected chi connectivity index (χ2v) is 5.90. The van der Waals surface area contributed by atoms with Crippen LogP contribution in [0, 0.1) is 0 Å². The second kappa shape index (κ2) is 7.45. The maximum absolute atomic E-state index is 11.8. The number of fused-ring (bicyclic) bond motifs is 1. The molecule has 0 N–H and O–H groups in total. The van der Waals surface area contributed by atoms with E-state index in [0.29, 0.717) is 17.6 Å². The molecule has 0 atom stereocenters. The number of nitrogens with zero attached hydrogens (tertiary/aromatic N) is 1. The van der Waals surface area contributed by atoms with Crippen LogP contribution in [0.5, 0.6) is 5.75 Å². The van der Waals surface area contributed by atoms with Gasteiger partial charge in [0.05, 0.1) is 18.3 Å². The fourth-order valence-electron chi connectivity index (χ4n) is 2.96. The van der Waals surface area contributed by atoms with Gasteiger partial charge in [0.2, 0.25) is 0 Å². The van der Waals surface area contributed by atoms with Crippen molar-refractivity contribution in [3.05, 3.63) is 40.8 Å². The lowest BCUT2D eigenvalue weighted by molar-refractivity contribution is 0.290. The molecule has 22 heavy (non-hydrogen) atoms. The minimum absolute atomic E-state index is 0.0303. The average Bonchev–Trinajstić information content (AvgIpc) is 3.05. The molecule has 1 aliphatic rings. The smallest absolute Gasteiger partial charge is 0.192 e. The van der Waals surface area contributed by atoms with E-state index >= 15 is 0 Å². The summed E-state index contributed by atoms with van der Waals surface area (Å²) in [6.07, 6.45) is 7.62. The molecule has 0 spiro atoms. The second-order valence-electron chi connectivity index (χ2n) is 5.90. The molecule has 1 aromatic carbocycles. The summed E-state index contributed by atoms with van der Waals surface area (Å²) in [6.45, 7) is 4.47. The molecule has 1 saturated heterocycles. The molecule has 118 valence electrons. The van der Waals surface area contributed by atoms with Gasteiger partial charge in [-0.05, 0) is 69.9 Å². The van der Waals surface area contributed by atoms with E-state index in [1.165, 1.54) is 57.6 Å². The standard InChI is InChI=1S/C18H23NO3/c20-17-8-13-22-18-7-6-15(14-16(17)18)21-12-5-1-2-9-19-10-3-4-11-19/h6-8,13-14H,1-5,9-12H2. The van der Waals surface area contributed by atoms with E-state index in [0.717, 1.165) is 12.2 Å². The van der Waals surface area contributed by atoms with Gasteiger partial charge in [0.1, 0.15) is 11.3 Å². The van der Waals surface area contributed by atoms with Crippen LogP contribution in [-0.4, -0.2) is 31.1 Å². The van der Waals surface area contributed by atoms with E-state index in [2.05, 4.69) is 4.90 Å². The van der Waals surface area contributed by atoms with Crippen LogP contribution in [0.25, 0.3) is 11.0 Å². The highest BCUT2D eigenvalue weighted by atomic mass is 16.5. The Morgan fingerprint density at radius 3 is 2.82 bits per heavy atom. The molecule has 0 aliphatic carbocycles. The first-order valence-electron chi connectivity index (χ1n) is 8.20. The lowest BCUT2D eigenvalue weighted by Gasteiger charge is -2.13. The molecule has 0 amide bonds. The summed E-state index contributed by atoms with van der Waals surface area (Å²) in [5.41, 5.74) is 0.572. The highest BCUT2D eigenvalue weighted by molar-refractivity contribution is 5.77. The zero-order valence-corrected chi connectivity index (χ0v) is 12.9. The minimum Gasteiger partial charge on any atom is -0.494 e. The Balaban J connectivity index is 1.41. The van der Waals surface area contributed by atoms with Crippen LogP contribution in [-0.2, 0) is 0 Å². The minimum atomic E-state index is -0.0303. The lowest BCUT2D eigenvalue weighted by atomic mass is 10.2. The van der Waals surface area contributed by atoms with Crippen molar-refractivity contribution in [2.45, 2.75) is 32.1 Å². The summed E-state index contributed by atoms with van der Waals surface area (Å²) >= 11 is 0. The topological polar surface area (TPSA) is 42.7 Å². The Morgan fingerprint density at radius 1 is 1.09 bits per heavy atom. The molecule has 0 bridgehead atoms. The predicted octanol–water partition coefficient (Wildman–Crippen LogP) is 3.44. The molecular weight excluding hydrogens is 278 g/mol. The van der Waals surface area contributed by atoms with Crippen molar-refractivity contribution < 1.29 is 9.15 Å². The summed E-state index contributed by atoms with van der Waals surface area (Å²) in [7, 11) is 0. The third kappa shape index (κ3) is 3.89. The van der Waals surface area contributed by atoms with Gasteiger partial charge >= 0.3 is 0 Å². The number of benzene rings is 1. The average molecular weight is 301 g/mol. The summed E-state index contributed by atoms with van der Waals surface area (Å²) < 4.78 is 11.0. The fraction of sp³-hybridized carbons (Fsp3) is 0.500. The summed E-state index contributed by atoms with van der Waals surface area (Å²) in [6, 6.07) is 6.85. The normalized spacial score (nSPS) is 15.5. The zero-order chi connectivity index (χ0) is 15.2. The van der Waals surface area contributed by atoms with Gasteiger partial charge in [-0.2, -0.15) is 0 Å². The SMILES string of the molecule is O=c1ccoc2ccc(OCCCCCN3CCCC3)cc12. The van der Waals surface area contributed by atoms with Crippen LogP contribution in [0.15, 0.2) is 39.7 Å². The molecular formula is C18H23NO3. The number of rotatable bonds is 7. The van der Waals surface area contributed by atoms with E-state index in [-0.39, 0.29) is 5.43 Å². The van der Waals surface area contributed by atoms with Crippen molar-refractivity contribution in [1.82, 2.24) is 4.90 Å². The van der Waals surface area contributed by atoms with Crippen LogP contribution < -0.4 is 10.2 Å². The molecule has 0 saturated carbocycles. The number of ether oxygens (including phenoxy) is 1. The first-order chi connectivity index (χ1) is 10.8. The quantitative estimate of drug-likeness (QED) is 0.735. The van der Waals surface area contributed by atoms with Crippen LogP contribution in [0.3, 0.4) is 0 Å². The molecule has 0 unspecified atom stereocenters. The zero-order valence-electron chi connectivity index (χ0n) is 12.9. The van der Waals surface area contributed by atoms with Gasteiger partial charge < -0.3 is 14.1 Å². The predicted molar refractivity (Wildman–Crippen MR) is 87.5 cm³/mol. The van der Waals surface area contributed by atoms with Gasteiger partial charge in [-0.15, -0.1) is 0 Å². The number of hydrogen-bond acceptors (Lipinski definition) is 4. The molecule has 1 fully saturated rings. The van der Waals surface area contributed by atoms with Crippen LogP contribution in [0.2, 0.25) is 0 Å². The van der Waals surface area contributed by atoms with E-state index in [1.54, 1.807) is 12.1 Å². The number of hydrogen-bond donors (Lipinski definition) is 0. The molecule has 4 heteroatoms. The van der Waals surface area contributed by atoms with Crippen molar-refractivity contribution in [3.63, 3.8) is 0 Å². The van der Waals surface area contributed by atoms with E-state index in [1.807, 2.05) is 6.07 Å². The monoisotopic (exact) mass is 301 g/mol. The van der Waals surface area contributed by atoms with Gasteiger partial charge in [0.25, 0.3) is 0 Å². The lowest BCUT2D eigenvalue weighted by Crippen LogP contribution is -2.20. The van der Waals surface area contributed by atoms with Gasteiger partial charge in [0, 0.05) is 6.07 Å². The first-order valence-corrected chi connectivity index (χ1v) is 8.20. The Morgan fingerprint density at radius 2 is 1.95 bits per heavy atom. The number of likely N-dealkylation sites (tertiary alicyclic amines) is 1. The fourth-order valence-corrected chi connectivity index (χ4v) is 2.96. The van der Waals surface area contributed by atoms with Crippen molar-refractivity contribution in [2.24, 2.45) is 0 Å². The maximum atomic E-state index is 11.8. The van der Waals surface area contributed by atoms with Gasteiger partial charge in [-0.1, -0.05) is 0 Å². The largest absolute Gasteiger partial charge is 0.494 e. The first kappa shape index (κ1) is 15.1.